The molecule has 29 heavy (non-hydrogen) atoms. The minimum absolute atomic E-state index is 0.0582. The molecule has 1 fully saturated rings. The Kier molecular flexibility index (Phi) is 7.25. The van der Waals surface area contributed by atoms with Crippen LogP contribution in [0.2, 0.25) is 10.0 Å². The van der Waals surface area contributed by atoms with E-state index in [4.69, 9.17) is 23.2 Å². The largest absolute Gasteiger partial charge is 0.398 e. The summed E-state index contributed by atoms with van der Waals surface area (Å²) in [5, 5.41) is 0.741. The van der Waals surface area contributed by atoms with Crippen molar-refractivity contribution in [1.82, 2.24) is 4.90 Å². The molecule has 0 atom stereocenters. The maximum atomic E-state index is 14.6. The van der Waals surface area contributed by atoms with Gasteiger partial charge in [0.2, 0.25) is 0 Å². The summed E-state index contributed by atoms with van der Waals surface area (Å²) in [6.07, 6.45) is -4.32. The van der Waals surface area contributed by atoms with Crippen LogP contribution in [0.4, 0.5) is 23.2 Å². The summed E-state index contributed by atoms with van der Waals surface area (Å²) >= 11 is 12.9. The number of anilines is 1. The maximum absolute atomic E-state index is 14.6. The summed E-state index contributed by atoms with van der Waals surface area (Å²) < 4.78 is 52.5. The highest BCUT2D eigenvalue weighted by Crippen LogP contribution is 2.41. The van der Waals surface area contributed by atoms with Crippen molar-refractivity contribution < 1.29 is 17.6 Å². The third-order valence-corrected chi connectivity index (χ3v) is 6.74. The third-order valence-electron chi connectivity index (χ3n) is 4.72. The topological polar surface area (TPSA) is 6.48 Å². The number of piperazine rings is 1. The third kappa shape index (κ3) is 5.94. The molecule has 9 heteroatoms. The summed E-state index contributed by atoms with van der Waals surface area (Å²) in [7, 11) is 0. The SMILES string of the molecule is Cc1cc(F)c(N2CCN(Cc3ccc(Cl)cc3)CC2)c(Cl)c1SCC(F)(F)F. The Bertz CT molecular complexity index is 851. The molecular formula is C20H20Cl2F4N2S. The van der Waals surface area contributed by atoms with Gasteiger partial charge in [0.1, 0.15) is 5.82 Å². The molecule has 0 aliphatic carbocycles. The van der Waals surface area contributed by atoms with E-state index in [2.05, 4.69) is 4.90 Å². The van der Waals surface area contributed by atoms with Gasteiger partial charge in [-0.3, -0.25) is 4.90 Å². The molecule has 0 N–H and O–H groups in total. The Labute approximate surface area is 181 Å². The van der Waals surface area contributed by atoms with E-state index in [9.17, 15) is 17.6 Å². The molecule has 3 rings (SSSR count). The summed E-state index contributed by atoms with van der Waals surface area (Å²) in [6, 6.07) is 8.88. The zero-order valence-electron chi connectivity index (χ0n) is 15.7. The summed E-state index contributed by atoms with van der Waals surface area (Å²) in [4.78, 5) is 4.33. The zero-order chi connectivity index (χ0) is 21.2. The van der Waals surface area contributed by atoms with Crippen LogP contribution < -0.4 is 4.90 Å². The zero-order valence-corrected chi connectivity index (χ0v) is 18.0. The van der Waals surface area contributed by atoms with Crippen molar-refractivity contribution in [3.63, 3.8) is 0 Å². The van der Waals surface area contributed by atoms with E-state index in [0.717, 1.165) is 12.1 Å². The van der Waals surface area contributed by atoms with Gasteiger partial charge in [0.25, 0.3) is 0 Å². The highest BCUT2D eigenvalue weighted by Gasteiger charge is 2.30. The molecule has 0 spiro atoms. The van der Waals surface area contributed by atoms with Gasteiger partial charge >= 0.3 is 6.18 Å². The highest BCUT2D eigenvalue weighted by molar-refractivity contribution is 7.99. The highest BCUT2D eigenvalue weighted by atomic mass is 35.5. The van der Waals surface area contributed by atoms with Crippen LogP contribution in [0.5, 0.6) is 0 Å². The number of aryl methyl sites for hydroxylation is 1. The van der Waals surface area contributed by atoms with Crippen LogP contribution in [0.15, 0.2) is 35.2 Å². The van der Waals surface area contributed by atoms with Crippen LogP contribution in [-0.4, -0.2) is 43.0 Å². The van der Waals surface area contributed by atoms with Crippen LogP contribution >= 0.6 is 35.0 Å². The van der Waals surface area contributed by atoms with Crippen LogP contribution in [-0.2, 0) is 6.54 Å². The first kappa shape index (κ1) is 22.5. The lowest BCUT2D eigenvalue weighted by molar-refractivity contribution is -0.105. The van der Waals surface area contributed by atoms with Gasteiger partial charge in [-0.2, -0.15) is 13.2 Å². The first-order chi connectivity index (χ1) is 13.6. The van der Waals surface area contributed by atoms with E-state index in [-0.39, 0.29) is 15.6 Å². The van der Waals surface area contributed by atoms with Gasteiger partial charge in [-0.25, -0.2) is 4.39 Å². The number of hydrogen-bond donors (Lipinski definition) is 0. The molecule has 0 amide bonds. The number of nitrogens with zero attached hydrogens (tertiary/aromatic N) is 2. The first-order valence-electron chi connectivity index (χ1n) is 9.04. The average Bonchev–Trinajstić information content (AvgIpc) is 2.63. The van der Waals surface area contributed by atoms with Crippen molar-refractivity contribution in [3.05, 3.63) is 57.3 Å². The Morgan fingerprint density at radius 3 is 2.24 bits per heavy atom. The molecule has 1 heterocycles. The smallest absolute Gasteiger partial charge is 0.365 e. The molecule has 2 aromatic rings. The van der Waals surface area contributed by atoms with E-state index >= 15 is 0 Å². The van der Waals surface area contributed by atoms with Crippen molar-refractivity contribution in [2.75, 3.05) is 36.8 Å². The number of hydrogen-bond acceptors (Lipinski definition) is 3. The first-order valence-corrected chi connectivity index (χ1v) is 10.8. The average molecular weight is 467 g/mol. The Hall–Kier alpha value is -1.15. The normalized spacial score (nSPS) is 15.8. The van der Waals surface area contributed by atoms with Crippen LogP contribution in [0.1, 0.15) is 11.1 Å². The van der Waals surface area contributed by atoms with Crippen LogP contribution in [0.3, 0.4) is 0 Å². The van der Waals surface area contributed by atoms with Crippen LogP contribution in [0, 0.1) is 12.7 Å². The number of benzene rings is 2. The molecule has 1 aliphatic rings. The van der Waals surface area contributed by atoms with E-state index in [1.54, 1.807) is 6.92 Å². The number of rotatable bonds is 5. The molecule has 0 bridgehead atoms. The lowest BCUT2D eigenvalue weighted by Crippen LogP contribution is -2.46. The van der Waals surface area contributed by atoms with Gasteiger partial charge < -0.3 is 4.90 Å². The fourth-order valence-corrected chi connectivity index (χ4v) is 4.77. The van der Waals surface area contributed by atoms with Gasteiger partial charge in [-0.05, 0) is 36.2 Å². The van der Waals surface area contributed by atoms with Crippen molar-refractivity contribution in [3.8, 4) is 0 Å². The van der Waals surface area contributed by atoms with Crippen molar-refractivity contribution in [1.29, 1.82) is 0 Å². The Morgan fingerprint density at radius 2 is 1.66 bits per heavy atom. The second-order valence-corrected chi connectivity index (χ2v) is 8.76. The lowest BCUT2D eigenvalue weighted by atomic mass is 10.1. The fraction of sp³-hybridized carbons (Fsp3) is 0.400. The maximum Gasteiger partial charge on any atom is 0.398 e. The molecular weight excluding hydrogens is 447 g/mol. The summed E-state index contributed by atoms with van der Waals surface area (Å²) in [5.74, 6) is -1.57. The standard InChI is InChI=1S/C20H20Cl2F4N2S/c1-13-10-16(23)18(17(22)19(13)29-12-20(24,25)26)28-8-6-27(7-9-28)11-14-2-4-15(21)5-3-14/h2-5,10H,6-9,11-12H2,1H3. The minimum atomic E-state index is -4.32. The molecule has 0 saturated carbocycles. The lowest BCUT2D eigenvalue weighted by Gasteiger charge is -2.37. The van der Waals surface area contributed by atoms with Gasteiger partial charge in [0, 0.05) is 42.6 Å². The molecule has 0 unspecified atom stereocenters. The molecule has 1 aliphatic heterocycles. The van der Waals surface area contributed by atoms with Gasteiger partial charge in [-0.15, -0.1) is 11.8 Å². The fourth-order valence-electron chi connectivity index (χ4n) is 3.31. The van der Waals surface area contributed by atoms with E-state index in [0.29, 0.717) is 48.5 Å². The quantitative estimate of drug-likeness (QED) is 0.370. The van der Waals surface area contributed by atoms with Gasteiger partial charge in [-0.1, -0.05) is 35.3 Å². The van der Waals surface area contributed by atoms with E-state index in [1.807, 2.05) is 29.2 Å². The summed E-state index contributed by atoms with van der Waals surface area (Å²) in [6.45, 7) is 4.78. The van der Waals surface area contributed by atoms with Crippen LogP contribution in [0.25, 0.3) is 0 Å². The molecule has 0 radical (unpaired) electrons. The number of thioether (sulfide) groups is 1. The summed E-state index contributed by atoms with van der Waals surface area (Å²) in [5.41, 5.74) is 1.73. The minimum Gasteiger partial charge on any atom is -0.365 e. The number of halogens is 6. The van der Waals surface area contributed by atoms with Crippen molar-refractivity contribution in [2.45, 2.75) is 24.5 Å². The van der Waals surface area contributed by atoms with Gasteiger partial charge in [0.15, 0.2) is 0 Å². The van der Waals surface area contributed by atoms with E-state index < -0.39 is 17.7 Å². The van der Waals surface area contributed by atoms with Gasteiger partial charge in [0.05, 0.1) is 16.5 Å². The molecule has 0 aromatic heterocycles. The molecule has 158 valence electrons. The van der Waals surface area contributed by atoms with Crippen molar-refractivity contribution in [2.24, 2.45) is 0 Å². The molecule has 2 nitrogen and oxygen atoms in total. The predicted molar refractivity (Wildman–Crippen MR) is 112 cm³/mol. The Morgan fingerprint density at radius 1 is 1.03 bits per heavy atom. The second-order valence-electron chi connectivity index (χ2n) is 6.96. The van der Waals surface area contributed by atoms with E-state index in [1.165, 1.54) is 6.07 Å². The Balaban J connectivity index is 1.70. The molecule has 2 aromatic carbocycles. The monoisotopic (exact) mass is 466 g/mol. The van der Waals surface area contributed by atoms with Crippen molar-refractivity contribution >= 4 is 40.7 Å². The predicted octanol–water partition coefficient (Wildman–Crippen LogP) is 6.42. The molecule has 1 saturated heterocycles. The number of alkyl halides is 3. The second kappa shape index (κ2) is 9.33.